The van der Waals surface area contributed by atoms with Crippen molar-refractivity contribution in [2.45, 2.75) is 17.4 Å². The molecule has 0 radical (unpaired) electrons. The number of ether oxygens (including phenoxy) is 2. The highest BCUT2D eigenvalue weighted by Gasteiger charge is 2.33. The maximum Gasteiger partial charge on any atom is 0.246 e. The predicted octanol–water partition coefficient (Wildman–Crippen LogP) is 1.61. The van der Waals surface area contributed by atoms with Gasteiger partial charge in [0.05, 0.1) is 18.7 Å². The highest BCUT2D eigenvalue weighted by atomic mass is 79.9. The molecule has 0 aromatic heterocycles. The molecule has 1 saturated heterocycles. The molecule has 1 aromatic carbocycles. The largest absolute Gasteiger partial charge is 0.496 e. The second-order valence-electron chi connectivity index (χ2n) is 4.55. The average Bonchev–Trinajstić information content (AvgIpc) is 2.85. The SMILES string of the molecule is COc1cc(S(=O)(=O)N2CC[C@@H](N)C2)c(OC)cc1Br.Cl. The van der Waals surface area contributed by atoms with Crippen LogP contribution in [0.15, 0.2) is 21.5 Å². The van der Waals surface area contributed by atoms with E-state index in [1.54, 1.807) is 6.07 Å². The normalized spacial score (nSPS) is 19.1. The van der Waals surface area contributed by atoms with E-state index in [1.165, 1.54) is 24.6 Å². The van der Waals surface area contributed by atoms with Gasteiger partial charge in [-0.15, -0.1) is 12.4 Å². The molecular weight excluding hydrogens is 384 g/mol. The summed E-state index contributed by atoms with van der Waals surface area (Å²) in [6.07, 6.45) is 0.662. The molecule has 0 unspecified atom stereocenters. The second kappa shape index (κ2) is 7.15. The van der Waals surface area contributed by atoms with Gasteiger partial charge in [0.15, 0.2) is 0 Å². The number of rotatable bonds is 4. The molecule has 2 rings (SSSR count). The summed E-state index contributed by atoms with van der Waals surface area (Å²) in [5.74, 6) is 0.714. The van der Waals surface area contributed by atoms with Crippen LogP contribution in [0.4, 0.5) is 0 Å². The second-order valence-corrected chi connectivity index (χ2v) is 7.31. The first-order valence-corrected chi connectivity index (χ1v) is 8.30. The van der Waals surface area contributed by atoms with E-state index in [4.69, 9.17) is 15.2 Å². The van der Waals surface area contributed by atoms with Crippen LogP contribution in [-0.2, 0) is 10.0 Å². The molecule has 1 fully saturated rings. The number of hydrogen-bond donors (Lipinski definition) is 1. The first kappa shape index (κ1) is 18.5. The first-order chi connectivity index (χ1) is 9.40. The minimum atomic E-state index is -3.64. The summed E-state index contributed by atoms with van der Waals surface area (Å²) in [6, 6.07) is 2.93. The maximum absolute atomic E-state index is 12.7. The van der Waals surface area contributed by atoms with Gasteiger partial charge in [-0.2, -0.15) is 4.31 Å². The Bertz CT molecular complexity index is 612. The molecule has 0 saturated carbocycles. The lowest BCUT2D eigenvalue weighted by Crippen LogP contribution is -2.32. The number of nitrogens with zero attached hydrogens (tertiary/aromatic N) is 1. The third kappa shape index (κ3) is 3.62. The molecule has 9 heteroatoms. The Hall–Kier alpha value is -0.540. The van der Waals surface area contributed by atoms with Gasteiger partial charge in [0.1, 0.15) is 16.4 Å². The molecule has 1 aliphatic rings. The summed E-state index contributed by atoms with van der Waals surface area (Å²) in [6.45, 7) is 0.745. The Morgan fingerprint density at radius 1 is 1.29 bits per heavy atom. The summed E-state index contributed by atoms with van der Waals surface area (Å²) < 4.78 is 37.7. The van der Waals surface area contributed by atoms with E-state index in [-0.39, 0.29) is 29.1 Å². The number of hydrogen-bond acceptors (Lipinski definition) is 5. The van der Waals surface area contributed by atoms with Crippen LogP contribution in [0.2, 0.25) is 0 Å². The van der Waals surface area contributed by atoms with Crippen molar-refractivity contribution in [2.24, 2.45) is 5.73 Å². The van der Waals surface area contributed by atoms with Gasteiger partial charge in [0.2, 0.25) is 10.0 Å². The third-order valence-electron chi connectivity index (χ3n) is 3.24. The molecule has 120 valence electrons. The van der Waals surface area contributed by atoms with Crippen molar-refractivity contribution in [3.05, 3.63) is 16.6 Å². The van der Waals surface area contributed by atoms with Crippen molar-refractivity contribution in [3.8, 4) is 11.5 Å². The van der Waals surface area contributed by atoms with Crippen LogP contribution >= 0.6 is 28.3 Å². The summed E-state index contributed by atoms with van der Waals surface area (Å²) in [4.78, 5) is 0.0918. The van der Waals surface area contributed by atoms with Crippen molar-refractivity contribution < 1.29 is 17.9 Å². The molecule has 1 atom stereocenters. The topological polar surface area (TPSA) is 81.9 Å². The lowest BCUT2D eigenvalue weighted by atomic mass is 10.3. The number of nitrogens with two attached hydrogens (primary N) is 1. The Labute approximate surface area is 139 Å². The fraction of sp³-hybridized carbons (Fsp3) is 0.500. The number of methoxy groups -OCH3 is 2. The Morgan fingerprint density at radius 2 is 1.90 bits per heavy atom. The minimum Gasteiger partial charge on any atom is -0.496 e. The van der Waals surface area contributed by atoms with Crippen LogP contribution in [0.1, 0.15) is 6.42 Å². The molecule has 1 aliphatic heterocycles. The molecule has 0 aliphatic carbocycles. The zero-order valence-electron chi connectivity index (χ0n) is 11.7. The molecular formula is C12H18BrClN2O4S. The Balaban J connectivity index is 0.00000220. The van der Waals surface area contributed by atoms with Crippen LogP contribution < -0.4 is 15.2 Å². The van der Waals surface area contributed by atoms with Gasteiger partial charge in [0.25, 0.3) is 0 Å². The van der Waals surface area contributed by atoms with Gasteiger partial charge in [0, 0.05) is 25.2 Å². The first-order valence-electron chi connectivity index (χ1n) is 6.07. The van der Waals surface area contributed by atoms with Crippen molar-refractivity contribution in [1.29, 1.82) is 0 Å². The van der Waals surface area contributed by atoms with Gasteiger partial charge in [-0.05, 0) is 28.4 Å². The van der Waals surface area contributed by atoms with E-state index >= 15 is 0 Å². The molecule has 0 spiro atoms. The zero-order valence-corrected chi connectivity index (χ0v) is 14.9. The van der Waals surface area contributed by atoms with Gasteiger partial charge in [-0.25, -0.2) is 8.42 Å². The van der Waals surface area contributed by atoms with Gasteiger partial charge < -0.3 is 15.2 Å². The highest BCUT2D eigenvalue weighted by Crippen LogP contribution is 2.37. The van der Waals surface area contributed by atoms with Crippen LogP contribution in [0.25, 0.3) is 0 Å². The fourth-order valence-corrected chi connectivity index (χ4v) is 4.29. The van der Waals surface area contributed by atoms with E-state index in [2.05, 4.69) is 15.9 Å². The number of sulfonamides is 1. The van der Waals surface area contributed by atoms with E-state index in [9.17, 15) is 8.42 Å². The van der Waals surface area contributed by atoms with Gasteiger partial charge in [-0.1, -0.05) is 0 Å². The van der Waals surface area contributed by atoms with Gasteiger partial charge >= 0.3 is 0 Å². The molecule has 21 heavy (non-hydrogen) atoms. The highest BCUT2D eigenvalue weighted by molar-refractivity contribution is 9.10. The van der Waals surface area contributed by atoms with Crippen LogP contribution in [0.5, 0.6) is 11.5 Å². The standard InChI is InChI=1S/C12H17BrN2O4S.ClH/c1-18-10-6-12(11(19-2)5-9(10)13)20(16,17)15-4-3-8(14)7-15;/h5-6,8H,3-4,7,14H2,1-2H3;1H/t8-;/m1./s1. The fourth-order valence-electron chi connectivity index (χ4n) is 2.15. The molecule has 1 heterocycles. The summed E-state index contributed by atoms with van der Waals surface area (Å²) in [7, 11) is -0.722. The van der Waals surface area contributed by atoms with E-state index in [0.29, 0.717) is 29.7 Å². The molecule has 2 N–H and O–H groups in total. The maximum atomic E-state index is 12.7. The summed E-state index contributed by atoms with van der Waals surface area (Å²) in [5.41, 5.74) is 5.78. The van der Waals surface area contributed by atoms with Crippen LogP contribution in [0, 0.1) is 0 Å². The molecule has 6 nitrogen and oxygen atoms in total. The third-order valence-corrected chi connectivity index (χ3v) is 5.75. The lowest BCUT2D eigenvalue weighted by Gasteiger charge is -2.19. The number of halogens is 2. The molecule has 0 amide bonds. The summed E-state index contributed by atoms with van der Waals surface area (Å²) >= 11 is 3.31. The predicted molar refractivity (Wildman–Crippen MR) is 85.8 cm³/mol. The van der Waals surface area contributed by atoms with E-state index in [1.807, 2.05) is 0 Å². The summed E-state index contributed by atoms with van der Waals surface area (Å²) in [5, 5.41) is 0. The Kier molecular flexibility index (Phi) is 6.30. The lowest BCUT2D eigenvalue weighted by molar-refractivity contribution is 0.386. The van der Waals surface area contributed by atoms with E-state index < -0.39 is 10.0 Å². The average molecular weight is 402 g/mol. The van der Waals surface area contributed by atoms with Gasteiger partial charge in [-0.3, -0.25) is 0 Å². The van der Waals surface area contributed by atoms with E-state index in [0.717, 1.165) is 0 Å². The zero-order chi connectivity index (χ0) is 14.9. The van der Waals surface area contributed by atoms with Crippen LogP contribution in [0.3, 0.4) is 0 Å². The smallest absolute Gasteiger partial charge is 0.246 e. The minimum absolute atomic E-state index is 0. The quantitative estimate of drug-likeness (QED) is 0.829. The van der Waals surface area contributed by atoms with Crippen molar-refractivity contribution >= 4 is 38.4 Å². The van der Waals surface area contributed by atoms with Crippen LogP contribution in [-0.4, -0.2) is 46.1 Å². The molecule has 1 aromatic rings. The van der Waals surface area contributed by atoms with Crippen molar-refractivity contribution in [3.63, 3.8) is 0 Å². The van der Waals surface area contributed by atoms with Crippen molar-refractivity contribution in [1.82, 2.24) is 4.31 Å². The Morgan fingerprint density at radius 3 is 2.38 bits per heavy atom. The monoisotopic (exact) mass is 400 g/mol. The number of benzene rings is 1. The van der Waals surface area contributed by atoms with Crippen molar-refractivity contribution in [2.75, 3.05) is 27.3 Å². The molecule has 0 bridgehead atoms.